The molecule has 186 valence electrons. The highest BCUT2D eigenvalue weighted by molar-refractivity contribution is 9.10. The largest absolute Gasteiger partial charge is 0.488 e. The molecule has 0 spiro atoms. The Bertz CT molecular complexity index is 1480. The van der Waals surface area contributed by atoms with E-state index in [0.717, 1.165) is 27.7 Å². The second-order valence-corrected chi connectivity index (χ2v) is 10.1. The van der Waals surface area contributed by atoms with Crippen LogP contribution < -0.4 is 15.2 Å². The van der Waals surface area contributed by atoms with Gasteiger partial charge >= 0.3 is 0 Å². The summed E-state index contributed by atoms with van der Waals surface area (Å²) in [6.45, 7) is 4.42. The van der Waals surface area contributed by atoms with Gasteiger partial charge in [0.25, 0.3) is 5.56 Å². The highest BCUT2D eigenvalue weighted by atomic mass is 79.9. The standard InChI is InChI=1S/C28H28BrClN4O2/c1-5-18(2)27-32-25-13-11-21(29)14-23(25)28(35)34(27)31-16-19-10-12-22(33(3)4)15-26(19)36-17-20-8-6-7-9-24(20)30/h6-16,18H,5,17H2,1-4H3/t18-/m0/s1. The summed E-state index contributed by atoms with van der Waals surface area (Å²) < 4.78 is 8.41. The predicted octanol–water partition coefficient (Wildman–Crippen LogP) is 6.85. The number of hydrogen-bond donors (Lipinski definition) is 0. The van der Waals surface area contributed by atoms with Crippen molar-refractivity contribution in [2.75, 3.05) is 19.0 Å². The van der Waals surface area contributed by atoms with Crippen LogP contribution in [0.3, 0.4) is 0 Å². The van der Waals surface area contributed by atoms with Crippen LogP contribution >= 0.6 is 27.5 Å². The minimum Gasteiger partial charge on any atom is -0.488 e. The Hall–Kier alpha value is -3.16. The fourth-order valence-corrected chi connectivity index (χ4v) is 4.25. The molecule has 1 heterocycles. The molecule has 0 amide bonds. The Morgan fingerprint density at radius 1 is 1.17 bits per heavy atom. The lowest BCUT2D eigenvalue weighted by molar-refractivity contribution is 0.306. The topological polar surface area (TPSA) is 59.7 Å². The van der Waals surface area contributed by atoms with Crippen molar-refractivity contribution in [1.82, 2.24) is 9.66 Å². The van der Waals surface area contributed by atoms with E-state index in [2.05, 4.69) is 28.0 Å². The highest BCUT2D eigenvalue weighted by Crippen LogP contribution is 2.27. The second-order valence-electron chi connectivity index (χ2n) is 8.80. The molecular weight excluding hydrogens is 540 g/mol. The molecule has 1 atom stereocenters. The molecule has 0 N–H and O–H groups in total. The number of hydrogen-bond acceptors (Lipinski definition) is 5. The summed E-state index contributed by atoms with van der Waals surface area (Å²) in [7, 11) is 3.94. The molecule has 36 heavy (non-hydrogen) atoms. The average molecular weight is 568 g/mol. The van der Waals surface area contributed by atoms with Gasteiger partial charge in [-0.2, -0.15) is 9.78 Å². The number of halogens is 2. The maximum Gasteiger partial charge on any atom is 0.282 e. The van der Waals surface area contributed by atoms with Crippen molar-refractivity contribution in [3.8, 4) is 5.75 Å². The summed E-state index contributed by atoms with van der Waals surface area (Å²) in [4.78, 5) is 20.2. The fourth-order valence-electron chi connectivity index (χ4n) is 3.70. The molecule has 0 saturated heterocycles. The maximum atomic E-state index is 13.5. The third kappa shape index (κ3) is 5.63. The smallest absolute Gasteiger partial charge is 0.282 e. The lowest BCUT2D eigenvalue weighted by Crippen LogP contribution is -2.23. The van der Waals surface area contributed by atoms with Gasteiger partial charge in [0, 0.05) is 52.4 Å². The van der Waals surface area contributed by atoms with Crippen molar-refractivity contribution in [1.29, 1.82) is 0 Å². The number of benzene rings is 3. The van der Waals surface area contributed by atoms with Crippen molar-refractivity contribution in [3.05, 3.63) is 97.5 Å². The monoisotopic (exact) mass is 566 g/mol. The average Bonchev–Trinajstić information content (AvgIpc) is 2.87. The van der Waals surface area contributed by atoms with Crippen LogP contribution in [-0.2, 0) is 6.61 Å². The maximum absolute atomic E-state index is 13.5. The first kappa shape index (κ1) is 25.9. The van der Waals surface area contributed by atoms with Gasteiger partial charge in [0.15, 0.2) is 0 Å². The van der Waals surface area contributed by atoms with Gasteiger partial charge in [-0.25, -0.2) is 4.98 Å². The molecule has 6 nitrogen and oxygen atoms in total. The number of aromatic nitrogens is 2. The van der Waals surface area contributed by atoms with Crippen molar-refractivity contribution in [2.24, 2.45) is 5.10 Å². The minimum atomic E-state index is -0.212. The Labute approximate surface area is 224 Å². The molecule has 0 fully saturated rings. The summed E-state index contributed by atoms with van der Waals surface area (Å²) >= 11 is 9.78. The van der Waals surface area contributed by atoms with Gasteiger partial charge in [-0.05, 0) is 42.8 Å². The molecule has 4 rings (SSSR count). The Kier molecular flexibility index (Phi) is 8.11. The van der Waals surface area contributed by atoms with Gasteiger partial charge in [-0.3, -0.25) is 4.79 Å². The first-order valence-corrected chi connectivity index (χ1v) is 12.9. The molecule has 0 radical (unpaired) electrons. The summed E-state index contributed by atoms with van der Waals surface area (Å²) in [6.07, 6.45) is 2.48. The zero-order valence-corrected chi connectivity index (χ0v) is 23.0. The number of anilines is 1. The van der Waals surface area contributed by atoms with Crippen molar-refractivity contribution < 1.29 is 4.74 Å². The fraction of sp³-hybridized carbons (Fsp3) is 0.250. The normalized spacial score (nSPS) is 12.3. The van der Waals surface area contributed by atoms with Crippen LogP contribution in [0.15, 0.2) is 75.0 Å². The van der Waals surface area contributed by atoms with E-state index >= 15 is 0 Å². The van der Waals surface area contributed by atoms with E-state index in [1.807, 2.05) is 80.5 Å². The van der Waals surface area contributed by atoms with Gasteiger partial charge < -0.3 is 9.64 Å². The first-order valence-electron chi connectivity index (χ1n) is 11.7. The molecule has 0 bridgehead atoms. The van der Waals surface area contributed by atoms with Crippen LogP contribution in [0.4, 0.5) is 5.69 Å². The van der Waals surface area contributed by atoms with E-state index in [4.69, 9.17) is 21.3 Å². The van der Waals surface area contributed by atoms with E-state index in [1.165, 1.54) is 4.68 Å². The third-order valence-electron chi connectivity index (χ3n) is 6.05. The van der Waals surface area contributed by atoms with Crippen LogP contribution in [0.2, 0.25) is 5.02 Å². The molecule has 3 aromatic carbocycles. The van der Waals surface area contributed by atoms with Gasteiger partial charge in [-0.15, -0.1) is 0 Å². The molecule has 4 aromatic rings. The third-order valence-corrected chi connectivity index (χ3v) is 6.92. The molecule has 0 aliphatic carbocycles. The number of ether oxygens (including phenoxy) is 1. The molecule has 1 aromatic heterocycles. The summed E-state index contributed by atoms with van der Waals surface area (Å²) in [5.74, 6) is 1.31. The van der Waals surface area contributed by atoms with Crippen LogP contribution in [-0.4, -0.2) is 30.0 Å². The summed E-state index contributed by atoms with van der Waals surface area (Å²) in [5, 5.41) is 5.77. The van der Waals surface area contributed by atoms with Gasteiger partial charge in [0.1, 0.15) is 18.2 Å². The Balaban J connectivity index is 1.78. The van der Waals surface area contributed by atoms with Crippen molar-refractivity contribution >= 4 is 50.3 Å². The number of fused-ring (bicyclic) bond motifs is 1. The van der Waals surface area contributed by atoms with Gasteiger partial charge in [0.05, 0.1) is 17.1 Å². The van der Waals surface area contributed by atoms with Crippen LogP contribution in [0.5, 0.6) is 5.75 Å². The molecule has 0 saturated carbocycles. The van der Waals surface area contributed by atoms with E-state index in [1.54, 1.807) is 12.3 Å². The van der Waals surface area contributed by atoms with Crippen LogP contribution in [0.25, 0.3) is 10.9 Å². The summed E-state index contributed by atoms with van der Waals surface area (Å²) in [6, 6.07) is 19.0. The van der Waals surface area contributed by atoms with Crippen LogP contribution in [0.1, 0.15) is 43.1 Å². The van der Waals surface area contributed by atoms with Crippen molar-refractivity contribution in [2.45, 2.75) is 32.8 Å². The molecular formula is C28H28BrClN4O2. The quantitative estimate of drug-likeness (QED) is 0.218. The van der Waals surface area contributed by atoms with E-state index in [-0.39, 0.29) is 11.5 Å². The lowest BCUT2D eigenvalue weighted by atomic mass is 10.1. The van der Waals surface area contributed by atoms with Crippen molar-refractivity contribution in [3.63, 3.8) is 0 Å². The molecule has 8 heteroatoms. The number of rotatable bonds is 8. The predicted molar refractivity (Wildman–Crippen MR) is 152 cm³/mol. The zero-order valence-electron chi connectivity index (χ0n) is 20.7. The number of nitrogens with zero attached hydrogens (tertiary/aromatic N) is 4. The Morgan fingerprint density at radius 3 is 2.67 bits per heavy atom. The van der Waals surface area contributed by atoms with E-state index in [0.29, 0.717) is 34.1 Å². The SMILES string of the molecule is CC[C@H](C)c1nc2ccc(Br)cc2c(=O)n1N=Cc1ccc(N(C)C)cc1OCc1ccccc1Cl. The minimum absolute atomic E-state index is 0.0509. The van der Waals surface area contributed by atoms with Crippen LogP contribution in [0, 0.1) is 0 Å². The second kappa shape index (κ2) is 11.3. The summed E-state index contributed by atoms with van der Waals surface area (Å²) in [5.41, 5.74) is 3.05. The molecule has 0 aliphatic heterocycles. The molecule has 0 aliphatic rings. The van der Waals surface area contributed by atoms with E-state index < -0.39 is 0 Å². The first-order chi connectivity index (χ1) is 17.3. The van der Waals surface area contributed by atoms with Gasteiger partial charge in [-0.1, -0.05) is 59.6 Å². The lowest BCUT2D eigenvalue weighted by Gasteiger charge is -2.17. The van der Waals surface area contributed by atoms with Gasteiger partial charge in [0.2, 0.25) is 0 Å². The zero-order chi connectivity index (χ0) is 25.8. The van der Waals surface area contributed by atoms with E-state index in [9.17, 15) is 4.79 Å². The molecule has 0 unspecified atom stereocenters. The Morgan fingerprint density at radius 2 is 1.94 bits per heavy atom. The highest BCUT2D eigenvalue weighted by Gasteiger charge is 2.16.